The van der Waals surface area contributed by atoms with E-state index in [9.17, 15) is 9.18 Å². The molecule has 0 N–H and O–H groups in total. The second-order valence-corrected chi connectivity index (χ2v) is 7.46. The van der Waals surface area contributed by atoms with Gasteiger partial charge in [0.2, 0.25) is 0 Å². The number of hydrogen-bond donors (Lipinski definition) is 0. The maximum Gasteiger partial charge on any atom is 0.525 e. The summed E-state index contributed by atoms with van der Waals surface area (Å²) >= 11 is 0. The van der Waals surface area contributed by atoms with Gasteiger partial charge in [-0.2, -0.15) is 0 Å². The Morgan fingerprint density at radius 2 is 1.64 bits per heavy atom. The van der Waals surface area contributed by atoms with Gasteiger partial charge in [-0.25, -0.2) is 4.39 Å². The van der Waals surface area contributed by atoms with Gasteiger partial charge in [-0.05, 0) is 66.5 Å². The Hall–Kier alpha value is -1.40. The molecule has 0 saturated carbocycles. The van der Waals surface area contributed by atoms with E-state index in [-0.39, 0.29) is 5.97 Å². The largest absolute Gasteiger partial charge is 0.525 e. The van der Waals surface area contributed by atoms with Crippen LogP contribution in [0, 0.1) is 0 Å². The predicted octanol–water partition coefficient (Wildman–Crippen LogP) is 4.71. The monoisotopic (exact) mass is 352 g/mol. The van der Waals surface area contributed by atoms with Gasteiger partial charge in [0.1, 0.15) is 12.3 Å². The molecule has 0 radical (unpaired) electrons. The number of esters is 1. The first-order chi connectivity index (χ1) is 11.4. The second-order valence-electron chi connectivity index (χ2n) is 7.46. The summed E-state index contributed by atoms with van der Waals surface area (Å²) in [7, 11) is -0.960. The molecular formula is C19H30BFO4. The topological polar surface area (TPSA) is 44.8 Å². The SMILES string of the molecule is CC(=O)OC/C=C(\C)CC/C=C(\C)C=C(F)B1OC(C)(C)C(C)(C)O1. The van der Waals surface area contributed by atoms with Crippen LogP contribution in [0.25, 0.3) is 0 Å². The van der Waals surface area contributed by atoms with Crippen LogP contribution in [-0.4, -0.2) is 30.9 Å². The third kappa shape index (κ3) is 6.79. The Balaban J connectivity index is 2.54. The fraction of sp³-hybridized carbons (Fsp3) is 0.632. The Labute approximate surface area is 151 Å². The van der Waals surface area contributed by atoms with Gasteiger partial charge in [0.15, 0.2) is 0 Å². The second kappa shape index (κ2) is 8.81. The van der Waals surface area contributed by atoms with E-state index in [0.29, 0.717) is 6.61 Å². The van der Waals surface area contributed by atoms with Crippen molar-refractivity contribution in [3.8, 4) is 0 Å². The van der Waals surface area contributed by atoms with Crippen LogP contribution in [0.1, 0.15) is 61.3 Å². The van der Waals surface area contributed by atoms with Crippen molar-refractivity contribution in [2.45, 2.75) is 72.5 Å². The summed E-state index contributed by atoms with van der Waals surface area (Å²) in [5, 5.41) is 0. The summed E-state index contributed by atoms with van der Waals surface area (Å²) < 4.78 is 30.6. The summed E-state index contributed by atoms with van der Waals surface area (Å²) in [4.78, 5) is 10.7. The third-order valence-electron chi connectivity index (χ3n) is 4.57. The van der Waals surface area contributed by atoms with E-state index in [1.54, 1.807) is 0 Å². The van der Waals surface area contributed by atoms with Gasteiger partial charge in [-0.15, -0.1) is 0 Å². The molecule has 140 valence electrons. The van der Waals surface area contributed by atoms with Gasteiger partial charge >= 0.3 is 13.1 Å². The summed E-state index contributed by atoms with van der Waals surface area (Å²) in [6, 6.07) is 0. The van der Waals surface area contributed by atoms with E-state index in [1.807, 2.05) is 53.7 Å². The molecule has 0 aromatic rings. The molecule has 0 aromatic heterocycles. The van der Waals surface area contributed by atoms with Gasteiger partial charge in [-0.3, -0.25) is 4.79 Å². The van der Waals surface area contributed by atoms with Crippen molar-refractivity contribution in [2.75, 3.05) is 6.61 Å². The van der Waals surface area contributed by atoms with Gasteiger partial charge < -0.3 is 14.0 Å². The van der Waals surface area contributed by atoms with Crippen LogP contribution in [0.2, 0.25) is 0 Å². The summed E-state index contributed by atoms with van der Waals surface area (Å²) in [6.07, 6.45) is 6.91. The minimum Gasteiger partial charge on any atom is -0.462 e. The Morgan fingerprint density at radius 3 is 2.16 bits per heavy atom. The van der Waals surface area contributed by atoms with E-state index in [0.717, 1.165) is 24.0 Å². The molecule has 0 amide bonds. The van der Waals surface area contributed by atoms with Crippen LogP contribution in [0.5, 0.6) is 0 Å². The number of allylic oxidation sites excluding steroid dienone is 4. The average Bonchev–Trinajstić information content (AvgIpc) is 2.67. The highest BCUT2D eigenvalue weighted by Crippen LogP contribution is 2.38. The number of rotatable bonds is 7. The first-order valence-corrected chi connectivity index (χ1v) is 8.63. The lowest BCUT2D eigenvalue weighted by Gasteiger charge is -2.32. The number of carbonyl (C=O) groups excluding carboxylic acids is 1. The highest BCUT2D eigenvalue weighted by atomic mass is 19.1. The number of carbonyl (C=O) groups is 1. The van der Waals surface area contributed by atoms with E-state index in [1.165, 1.54) is 13.0 Å². The van der Waals surface area contributed by atoms with Gasteiger partial charge in [0.25, 0.3) is 0 Å². The Kier molecular flexibility index (Phi) is 7.63. The smallest absolute Gasteiger partial charge is 0.462 e. The van der Waals surface area contributed by atoms with Crippen molar-refractivity contribution in [3.05, 3.63) is 35.1 Å². The molecular weight excluding hydrogens is 322 g/mol. The van der Waals surface area contributed by atoms with Crippen LogP contribution in [0.4, 0.5) is 4.39 Å². The van der Waals surface area contributed by atoms with Crippen LogP contribution >= 0.6 is 0 Å². The van der Waals surface area contributed by atoms with E-state index >= 15 is 0 Å². The van der Waals surface area contributed by atoms with Gasteiger partial charge in [0.05, 0.1) is 11.2 Å². The van der Waals surface area contributed by atoms with Gasteiger partial charge in [-0.1, -0.05) is 17.2 Å². The van der Waals surface area contributed by atoms with Crippen LogP contribution in [0.3, 0.4) is 0 Å². The Morgan fingerprint density at radius 1 is 1.08 bits per heavy atom. The molecule has 1 aliphatic rings. The molecule has 0 aromatic carbocycles. The predicted molar refractivity (Wildman–Crippen MR) is 98.7 cm³/mol. The van der Waals surface area contributed by atoms with Crippen LogP contribution in [0.15, 0.2) is 35.1 Å². The maximum absolute atomic E-state index is 14.4. The molecule has 1 saturated heterocycles. The lowest BCUT2D eigenvalue weighted by atomic mass is 9.87. The Bertz CT molecular complexity index is 560. The lowest BCUT2D eigenvalue weighted by Crippen LogP contribution is -2.41. The first-order valence-electron chi connectivity index (χ1n) is 8.63. The van der Waals surface area contributed by atoms with Crippen molar-refractivity contribution in [2.24, 2.45) is 0 Å². The zero-order valence-electron chi connectivity index (χ0n) is 16.4. The minimum atomic E-state index is -0.960. The molecule has 0 spiro atoms. The third-order valence-corrected chi connectivity index (χ3v) is 4.57. The molecule has 6 heteroatoms. The zero-order chi connectivity index (χ0) is 19.3. The van der Waals surface area contributed by atoms with Crippen LogP contribution < -0.4 is 0 Å². The van der Waals surface area contributed by atoms with Gasteiger partial charge in [0, 0.05) is 6.92 Å². The molecule has 0 aliphatic carbocycles. The average molecular weight is 352 g/mol. The zero-order valence-corrected chi connectivity index (χ0v) is 16.4. The van der Waals surface area contributed by atoms with E-state index in [2.05, 4.69) is 0 Å². The fourth-order valence-electron chi connectivity index (χ4n) is 2.23. The van der Waals surface area contributed by atoms with Crippen molar-refractivity contribution in [3.63, 3.8) is 0 Å². The van der Waals surface area contributed by atoms with E-state index < -0.39 is 24.0 Å². The molecule has 0 atom stereocenters. The van der Waals surface area contributed by atoms with Crippen molar-refractivity contribution >= 4 is 13.1 Å². The molecule has 0 unspecified atom stereocenters. The number of ether oxygens (including phenoxy) is 1. The summed E-state index contributed by atoms with van der Waals surface area (Å²) in [6.45, 7) is 13.1. The van der Waals surface area contributed by atoms with E-state index in [4.69, 9.17) is 14.0 Å². The molecule has 1 heterocycles. The molecule has 1 fully saturated rings. The normalized spacial score (nSPS) is 20.8. The van der Waals surface area contributed by atoms with Crippen LogP contribution in [-0.2, 0) is 18.8 Å². The first kappa shape index (κ1) is 21.6. The molecule has 4 nitrogen and oxygen atoms in total. The quantitative estimate of drug-likeness (QED) is 0.288. The highest BCUT2D eigenvalue weighted by Gasteiger charge is 2.52. The summed E-state index contributed by atoms with van der Waals surface area (Å²) in [5.74, 6) is -0.289. The van der Waals surface area contributed by atoms with Crippen molar-refractivity contribution in [1.29, 1.82) is 0 Å². The van der Waals surface area contributed by atoms with Crippen molar-refractivity contribution in [1.82, 2.24) is 0 Å². The summed E-state index contributed by atoms with van der Waals surface area (Å²) in [5.41, 5.74) is 0.421. The molecule has 0 bridgehead atoms. The number of halogens is 1. The highest BCUT2D eigenvalue weighted by molar-refractivity contribution is 6.53. The fourth-order valence-corrected chi connectivity index (χ4v) is 2.23. The number of hydrogen-bond acceptors (Lipinski definition) is 4. The minimum absolute atomic E-state index is 0.289. The standard InChI is InChI=1S/C19H30BFO4/c1-14(11-12-23-16(3)22)9-8-10-15(2)13-17(21)20-24-18(4,5)19(6,7)25-20/h10-11,13H,8-9,12H2,1-7H3/b14-11+,15-10+,17-13?. The maximum atomic E-state index is 14.4. The lowest BCUT2D eigenvalue weighted by molar-refractivity contribution is -0.139. The van der Waals surface area contributed by atoms with Crippen molar-refractivity contribution < 1.29 is 23.2 Å². The molecule has 1 aliphatic heterocycles. The molecule has 25 heavy (non-hydrogen) atoms. The molecule has 1 rings (SSSR count).